The van der Waals surface area contributed by atoms with Gasteiger partial charge in [0.25, 0.3) is 11.8 Å². The highest BCUT2D eigenvalue weighted by atomic mass is 32.1. The molecule has 0 radical (unpaired) electrons. The van der Waals surface area contributed by atoms with Gasteiger partial charge in [-0.25, -0.2) is 4.39 Å². The summed E-state index contributed by atoms with van der Waals surface area (Å²) < 4.78 is 18.2. The van der Waals surface area contributed by atoms with E-state index in [0.717, 1.165) is 30.0 Å². The number of nitrogens with two attached hydrogens (primary N) is 1. The van der Waals surface area contributed by atoms with E-state index in [1.807, 2.05) is 0 Å². The third kappa shape index (κ3) is 4.45. The second kappa shape index (κ2) is 8.06. The third-order valence-corrected chi connectivity index (χ3v) is 5.63. The normalized spacial score (nSPS) is 14.1. The largest absolute Gasteiger partial charge is 0.484 e. The standard InChI is InChI=1S/C19H22FN3O3S/c1-11(2)23-8-7-14-15(9-23)27-19(17(14)18(21)25)22-16(24)10-26-13-5-3-12(20)4-6-13/h3-6,11H,7-10H2,1-2H3,(H2,21,25)(H,22,24). The average Bonchev–Trinajstić information content (AvgIpc) is 2.98. The van der Waals surface area contributed by atoms with Crippen LogP contribution in [0.2, 0.25) is 0 Å². The number of halogens is 1. The first-order chi connectivity index (χ1) is 12.8. The summed E-state index contributed by atoms with van der Waals surface area (Å²) in [5, 5.41) is 3.20. The fraction of sp³-hybridized carbons (Fsp3) is 0.368. The molecular formula is C19H22FN3O3S. The Hall–Kier alpha value is -2.45. The molecule has 8 heteroatoms. The Morgan fingerprint density at radius 2 is 2.04 bits per heavy atom. The van der Waals surface area contributed by atoms with Crippen LogP contribution < -0.4 is 15.8 Å². The summed E-state index contributed by atoms with van der Waals surface area (Å²) in [5.41, 5.74) is 6.90. The van der Waals surface area contributed by atoms with E-state index in [1.165, 1.54) is 35.6 Å². The molecule has 27 heavy (non-hydrogen) atoms. The van der Waals surface area contributed by atoms with E-state index in [1.54, 1.807) is 0 Å². The monoisotopic (exact) mass is 391 g/mol. The van der Waals surface area contributed by atoms with E-state index in [9.17, 15) is 14.0 Å². The van der Waals surface area contributed by atoms with E-state index in [0.29, 0.717) is 22.4 Å². The van der Waals surface area contributed by atoms with Gasteiger partial charge in [0.15, 0.2) is 6.61 Å². The molecule has 2 amide bonds. The second-order valence-corrected chi connectivity index (χ2v) is 7.78. The lowest BCUT2D eigenvalue weighted by molar-refractivity contribution is -0.118. The quantitative estimate of drug-likeness (QED) is 0.793. The number of primary amides is 1. The van der Waals surface area contributed by atoms with Crippen LogP contribution in [0.15, 0.2) is 24.3 Å². The highest BCUT2D eigenvalue weighted by Crippen LogP contribution is 2.37. The first kappa shape index (κ1) is 19.3. The first-order valence-corrected chi connectivity index (χ1v) is 9.53. The van der Waals surface area contributed by atoms with Gasteiger partial charge in [0.2, 0.25) is 0 Å². The molecule has 1 aliphatic rings. The maximum absolute atomic E-state index is 12.9. The number of fused-ring (bicyclic) bond motifs is 1. The van der Waals surface area contributed by atoms with Crippen molar-refractivity contribution in [1.29, 1.82) is 0 Å². The van der Waals surface area contributed by atoms with Gasteiger partial charge in [0.1, 0.15) is 16.6 Å². The highest BCUT2D eigenvalue weighted by Gasteiger charge is 2.28. The lowest BCUT2D eigenvalue weighted by atomic mass is 10.0. The lowest BCUT2D eigenvalue weighted by Gasteiger charge is -2.30. The van der Waals surface area contributed by atoms with Crippen molar-refractivity contribution < 1.29 is 18.7 Å². The number of carbonyl (C=O) groups excluding carboxylic acids is 2. The maximum Gasteiger partial charge on any atom is 0.262 e. The summed E-state index contributed by atoms with van der Waals surface area (Å²) in [4.78, 5) is 27.6. The van der Waals surface area contributed by atoms with E-state index in [-0.39, 0.29) is 12.4 Å². The van der Waals surface area contributed by atoms with Crippen LogP contribution in [0.1, 0.15) is 34.6 Å². The van der Waals surface area contributed by atoms with Crippen molar-refractivity contribution in [3.05, 3.63) is 46.1 Å². The molecule has 0 bridgehead atoms. The van der Waals surface area contributed by atoms with Crippen LogP contribution in [0.5, 0.6) is 5.75 Å². The number of amides is 2. The molecule has 0 aliphatic carbocycles. The van der Waals surface area contributed by atoms with Crippen molar-refractivity contribution in [2.45, 2.75) is 32.9 Å². The van der Waals surface area contributed by atoms with Crippen LogP contribution in [0.4, 0.5) is 9.39 Å². The van der Waals surface area contributed by atoms with E-state index in [2.05, 4.69) is 24.1 Å². The Bertz CT molecular complexity index is 849. The van der Waals surface area contributed by atoms with Crippen molar-refractivity contribution in [2.24, 2.45) is 5.73 Å². The fourth-order valence-corrected chi connectivity index (χ4v) is 4.35. The van der Waals surface area contributed by atoms with Gasteiger partial charge in [-0.2, -0.15) is 0 Å². The van der Waals surface area contributed by atoms with E-state index < -0.39 is 11.8 Å². The number of benzene rings is 1. The number of carbonyl (C=O) groups is 2. The first-order valence-electron chi connectivity index (χ1n) is 8.71. The van der Waals surface area contributed by atoms with Gasteiger partial charge in [-0.05, 0) is 50.1 Å². The van der Waals surface area contributed by atoms with Gasteiger partial charge in [-0.3, -0.25) is 14.5 Å². The Morgan fingerprint density at radius 3 is 2.67 bits per heavy atom. The SMILES string of the molecule is CC(C)N1CCc2c(sc(NC(=O)COc3ccc(F)cc3)c2C(N)=O)C1. The number of rotatable bonds is 6. The molecule has 0 spiro atoms. The molecule has 0 saturated heterocycles. The van der Waals surface area contributed by atoms with E-state index in [4.69, 9.17) is 10.5 Å². The smallest absolute Gasteiger partial charge is 0.262 e. The molecule has 144 valence electrons. The van der Waals surface area contributed by atoms with Crippen molar-refractivity contribution in [3.63, 3.8) is 0 Å². The van der Waals surface area contributed by atoms with Crippen LogP contribution in [0.3, 0.4) is 0 Å². The fourth-order valence-electron chi connectivity index (χ4n) is 3.06. The third-order valence-electron chi connectivity index (χ3n) is 4.50. The molecule has 0 unspecified atom stereocenters. The zero-order valence-corrected chi connectivity index (χ0v) is 16.1. The Labute approximate surface area is 161 Å². The average molecular weight is 391 g/mol. The molecule has 1 aromatic carbocycles. The van der Waals surface area contributed by atoms with Crippen molar-refractivity contribution in [1.82, 2.24) is 4.90 Å². The number of anilines is 1. The Kier molecular flexibility index (Phi) is 5.76. The minimum absolute atomic E-state index is 0.246. The molecule has 0 saturated carbocycles. The molecule has 0 fully saturated rings. The number of ether oxygens (including phenoxy) is 1. The predicted molar refractivity (Wildman–Crippen MR) is 103 cm³/mol. The zero-order valence-electron chi connectivity index (χ0n) is 15.3. The number of nitrogens with zero attached hydrogens (tertiary/aromatic N) is 1. The minimum Gasteiger partial charge on any atom is -0.484 e. The van der Waals surface area contributed by atoms with Crippen molar-refractivity contribution >= 4 is 28.2 Å². The van der Waals surface area contributed by atoms with Gasteiger partial charge in [-0.15, -0.1) is 11.3 Å². The minimum atomic E-state index is -0.541. The molecule has 2 aromatic rings. The van der Waals surface area contributed by atoms with Gasteiger partial charge < -0.3 is 15.8 Å². The van der Waals surface area contributed by atoms with Gasteiger partial charge in [-0.1, -0.05) is 0 Å². The molecule has 1 aromatic heterocycles. The Balaban J connectivity index is 1.71. The molecule has 0 atom stereocenters. The van der Waals surface area contributed by atoms with Gasteiger partial charge in [0.05, 0.1) is 5.56 Å². The van der Waals surface area contributed by atoms with Crippen molar-refractivity contribution in [3.8, 4) is 5.75 Å². The molecule has 6 nitrogen and oxygen atoms in total. The summed E-state index contributed by atoms with van der Waals surface area (Å²) in [6.45, 7) is 5.60. The van der Waals surface area contributed by atoms with Crippen LogP contribution >= 0.6 is 11.3 Å². The molecule has 3 rings (SSSR count). The Morgan fingerprint density at radius 1 is 1.33 bits per heavy atom. The predicted octanol–water partition coefficient (Wildman–Crippen LogP) is 2.77. The van der Waals surface area contributed by atoms with Crippen LogP contribution in [-0.4, -0.2) is 35.9 Å². The van der Waals surface area contributed by atoms with Gasteiger partial charge in [0, 0.05) is 24.0 Å². The summed E-state index contributed by atoms with van der Waals surface area (Å²) in [6, 6.07) is 5.81. The number of hydrogen-bond donors (Lipinski definition) is 2. The maximum atomic E-state index is 12.9. The summed E-state index contributed by atoms with van der Waals surface area (Å²) in [7, 11) is 0. The van der Waals surface area contributed by atoms with Crippen LogP contribution in [-0.2, 0) is 17.8 Å². The van der Waals surface area contributed by atoms with E-state index >= 15 is 0 Å². The number of thiophene rings is 1. The summed E-state index contributed by atoms with van der Waals surface area (Å²) in [5.74, 6) is -0.932. The molecule has 1 aliphatic heterocycles. The zero-order chi connectivity index (χ0) is 19.6. The molecule has 3 N–H and O–H groups in total. The van der Waals surface area contributed by atoms with Gasteiger partial charge >= 0.3 is 0 Å². The van der Waals surface area contributed by atoms with Crippen molar-refractivity contribution in [2.75, 3.05) is 18.5 Å². The number of nitrogens with one attached hydrogen (secondary N) is 1. The molecule has 2 heterocycles. The topological polar surface area (TPSA) is 84.7 Å². The summed E-state index contributed by atoms with van der Waals surface area (Å²) >= 11 is 1.38. The highest BCUT2D eigenvalue weighted by molar-refractivity contribution is 7.17. The second-order valence-electron chi connectivity index (χ2n) is 6.68. The van der Waals surface area contributed by atoms with Crippen LogP contribution in [0.25, 0.3) is 0 Å². The lowest BCUT2D eigenvalue weighted by Crippen LogP contribution is -2.35. The van der Waals surface area contributed by atoms with Crippen LogP contribution in [0, 0.1) is 5.82 Å². The number of hydrogen-bond acceptors (Lipinski definition) is 5. The summed E-state index contributed by atoms with van der Waals surface area (Å²) in [6.07, 6.45) is 0.726. The molecular weight excluding hydrogens is 369 g/mol.